The normalized spacial score (nSPS) is 11.1. The Kier molecular flexibility index (Phi) is 2.76. The quantitative estimate of drug-likeness (QED) is 0.787. The Morgan fingerprint density at radius 3 is 2.84 bits per heavy atom. The topological polar surface area (TPSA) is 54.6 Å². The Morgan fingerprint density at radius 1 is 1.42 bits per heavy atom. The molecule has 3 rings (SSSR count). The molecule has 0 saturated carbocycles. The maximum Gasteiger partial charge on any atom is 0.347 e. The molecule has 0 spiro atoms. The number of hydrogen-bond acceptors (Lipinski definition) is 3. The molecule has 19 heavy (non-hydrogen) atoms. The molecule has 0 saturated heterocycles. The van der Waals surface area contributed by atoms with Crippen LogP contribution in [0.25, 0.3) is 16.2 Å². The average Bonchev–Trinajstić information content (AvgIpc) is 2.86. The van der Waals surface area contributed by atoms with Crippen LogP contribution in [0.4, 0.5) is 4.39 Å². The minimum atomic E-state index is -0.989. The number of fused-ring (bicyclic) bond motifs is 1. The second-order valence-electron chi connectivity index (χ2n) is 3.84. The number of halogens is 2. The summed E-state index contributed by atoms with van der Waals surface area (Å²) >= 11 is 7.03. The van der Waals surface area contributed by atoms with Crippen molar-refractivity contribution in [1.82, 2.24) is 9.38 Å². The van der Waals surface area contributed by atoms with E-state index in [2.05, 4.69) is 4.98 Å². The van der Waals surface area contributed by atoms with E-state index in [0.717, 1.165) is 11.3 Å². The lowest BCUT2D eigenvalue weighted by Crippen LogP contribution is -1.90. The highest BCUT2D eigenvalue weighted by molar-refractivity contribution is 7.18. The fourth-order valence-corrected chi connectivity index (χ4v) is 2.79. The lowest BCUT2D eigenvalue weighted by atomic mass is 10.2. The number of carboxylic acid groups (broad SMARTS) is 1. The van der Waals surface area contributed by atoms with Gasteiger partial charge in [-0.3, -0.25) is 4.40 Å². The summed E-state index contributed by atoms with van der Waals surface area (Å²) in [5.41, 5.74) is 1.18. The van der Waals surface area contributed by atoms with Crippen molar-refractivity contribution in [2.75, 3.05) is 0 Å². The van der Waals surface area contributed by atoms with Gasteiger partial charge < -0.3 is 5.11 Å². The molecule has 1 N–H and O–H groups in total. The van der Waals surface area contributed by atoms with Crippen LogP contribution in [0.3, 0.4) is 0 Å². The number of imidazole rings is 1. The molecular weight excluding hydrogens is 291 g/mol. The standard InChI is InChI=1S/C12H6ClFN2O2S/c13-8-3-6(14)1-2-7(8)9-4-16-5-10(11(17)18)19-12(16)15-9/h1-5H,(H,17,18). The Balaban J connectivity index is 2.10. The number of carboxylic acids is 1. The monoisotopic (exact) mass is 296 g/mol. The van der Waals surface area contributed by atoms with Crippen molar-refractivity contribution in [2.45, 2.75) is 0 Å². The maximum atomic E-state index is 13.0. The van der Waals surface area contributed by atoms with Gasteiger partial charge in [-0.2, -0.15) is 0 Å². The van der Waals surface area contributed by atoms with E-state index in [1.165, 1.54) is 18.3 Å². The lowest BCUT2D eigenvalue weighted by Gasteiger charge is -1.99. The summed E-state index contributed by atoms with van der Waals surface area (Å²) in [6.07, 6.45) is 3.15. The summed E-state index contributed by atoms with van der Waals surface area (Å²) in [6, 6.07) is 4.06. The molecular formula is C12H6ClFN2O2S. The van der Waals surface area contributed by atoms with Crippen molar-refractivity contribution in [2.24, 2.45) is 0 Å². The molecule has 4 nitrogen and oxygen atoms in total. The van der Waals surface area contributed by atoms with E-state index in [-0.39, 0.29) is 9.90 Å². The summed E-state index contributed by atoms with van der Waals surface area (Å²) in [7, 11) is 0. The molecule has 2 aromatic heterocycles. The van der Waals surface area contributed by atoms with E-state index < -0.39 is 11.8 Å². The Bertz CT molecular complexity index is 765. The molecule has 96 valence electrons. The first kappa shape index (κ1) is 12.1. The number of hydrogen-bond donors (Lipinski definition) is 1. The van der Waals surface area contributed by atoms with Gasteiger partial charge >= 0.3 is 5.97 Å². The van der Waals surface area contributed by atoms with E-state index in [4.69, 9.17) is 16.7 Å². The molecule has 0 unspecified atom stereocenters. The van der Waals surface area contributed by atoms with E-state index in [9.17, 15) is 9.18 Å². The van der Waals surface area contributed by atoms with Crippen molar-refractivity contribution in [3.05, 3.63) is 46.3 Å². The van der Waals surface area contributed by atoms with Crippen LogP contribution in [0.1, 0.15) is 9.67 Å². The summed E-state index contributed by atoms with van der Waals surface area (Å²) in [5, 5.41) is 9.14. The van der Waals surface area contributed by atoms with Gasteiger partial charge in [0.05, 0.1) is 10.7 Å². The predicted molar refractivity (Wildman–Crippen MR) is 70.4 cm³/mol. The molecule has 2 heterocycles. The van der Waals surface area contributed by atoms with Crippen molar-refractivity contribution in [1.29, 1.82) is 0 Å². The van der Waals surface area contributed by atoms with Gasteiger partial charge in [-0.1, -0.05) is 22.9 Å². The van der Waals surface area contributed by atoms with Gasteiger partial charge in [0.1, 0.15) is 10.7 Å². The van der Waals surface area contributed by atoms with E-state index in [1.807, 2.05) is 0 Å². The Morgan fingerprint density at radius 2 is 2.21 bits per heavy atom. The van der Waals surface area contributed by atoms with Crippen LogP contribution in [-0.2, 0) is 0 Å². The van der Waals surface area contributed by atoms with Gasteiger partial charge in [-0.15, -0.1) is 0 Å². The summed E-state index contributed by atoms with van der Waals surface area (Å²) in [4.78, 5) is 15.9. The predicted octanol–water partition coefficient (Wildman–Crippen LogP) is 3.55. The smallest absolute Gasteiger partial charge is 0.347 e. The van der Waals surface area contributed by atoms with Crippen LogP contribution in [0, 0.1) is 5.82 Å². The molecule has 0 radical (unpaired) electrons. The van der Waals surface area contributed by atoms with E-state index in [1.54, 1.807) is 16.7 Å². The minimum Gasteiger partial charge on any atom is -0.477 e. The van der Waals surface area contributed by atoms with Crippen molar-refractivity contribution < 1.29 is 14.3 Å². The molecule has 7 heteroatoms. The number of aromatic nitrogens is 2. The molecule has 0 bridgehead atoms. The first-order valence-corrected chi connectivity index (χ1v) is 6.41. The number of thiazole rings is 1. The second-order valence-corrected chi connectivity index (χ2v) is 5.26. The highest BCUT2D eigenvalue weighted by Gasteiger charge is 2.13. The lowest BCUT2D eigenvalue weighted by molar-refractivity contribution is 0.0702. The van der Waals surface area contributed by atoms with Gasteiger partial charge in [-0.25, -0.2) is 14.2 Å². The van der Waals surface area contributed by atoms with Crippen molar-refractivity contribution >= 4 is 33.9 Å². The fourth-order valence-electron chi connectivity index (χ4n) is 1.72. The van der Waals surface area contributed by atoms with E-state index >= 15 is 0 Å². The maximum absolute atomic E-state index is 13.0. The summed E-state index contributed by atoms with van der Waals surface area (Å²) in [6.45, 7) is 0. The number of carbonyl (C=O) groups is 1. The fraction of sp³-hybridized carbons (Fsp3) is 0. The van der Waals surface area contributed by atoms with Crippen molar-refractivity contribution in [3.8, 4) is 11.3 Å². The van der Waals surface area contributed by atoms with Gasteiger partial charge in [0, 0.05) is 18.0 Å². The third-order valence-corrected chi connectivity index (χ3v) is 3.87. The average molecular weight is 297 g/mol. The molecule has 3 aromatic rings. The third kappa shape index (κ3) is 2.09. The van der Waals surface area contributed by atoms with Gasteiger partial charge in [0.2, 0.25) is 0 Å². The molecule has 1 aromatic carbocycles. The second kappa shape index (κ2) is 4.32. The first-order chi connectivity index (χ1) is 9.04. The Labute approximate surface area is 115 Å². The zero-order chi connectivity index (χ0) is 13.6. The highest BCUT2D eigenvalue weighted by atomic mass is 35.5. The number of benzene rings is 1. The van der Waals surface area contributed by atoms with Crippen LogP contribution in [-0.4, -0.2) is 20.5 Å². The van der Waals surface area contributed by atoms with Crippen LogP contribution in [0.15, 0.2) is 30.6 Å². The van der Waals surface area contributed by atoms with Gasteiger partial charge in [0.25, 0.3) is 0 Å². The molecule has 0 aliphatic heterocycles. The van der Waals surface area contributed by atoms with Crippen LogP contribution < -0.4 is 0 Å². The van der Waals surface area contributed by atoms with E-state index in [0.29, 0.717) is 16.2 Å². The zero-order valence-electron chi connectivity index (χ0n) is 9.30. The van der Waals surface area contributed by atoms with Crippen LogP contribution in [0.5, 0.6) is 0 Å². The molecule has 0 aliphatic carbocycles. The summed E-state index contributed by atoms with van der Waals surface area (Å²) in [5.74, 6) is -1.40. The largest absolute Gasteiger partial charge is 0.477 e. The van der Waals surface area contributed by atoms with Crippen molar-refractivity contribution in [3.63, 3.8) is 0 Å². The number of aromatic carboxylic acids is 1. The molecule has 0 fully saturated rings. The van der Waals surface area contributed by atoms with Crippen LogP contribution >= 0.6 is 22.9 Å². The van der Waals surface area contributed by atoms with Gasteiger partial charge in [-0.05, 0) is 18.2 Å². The number of nitrogens with zero attached hydrogens (tertiary/aromatic N) is 2. The zero-order valence-corrected chi connectivity index (χ0v) is 10.9. The molecule has 0 amide bonds. The SMILES string of the molecule is O=C(O)c1cn2cc(-c3ccc(F)cc3Cl)nc2s1. The number of rotatable bonds is 2. The van der Waals surface area contributed by atoms with Gasteiger partial charge in [0.15, 0.2) is 4.96 Å². The first-order valence-electron chi connectivity index (χ1n) is 5.22. The highest BCUT2D eigenvalue weighted by Crippen LogP contribution is 2.29. The third-order valence-electron chi connectivity index (χ3n) is 2.57. The molecule has 0 aliphatic rings. The summed E-state index contributed by atoms with van der Waals surface area (Å²) < 4.78 is 14.6. The van der Waals surface area contributed by atoms with Crippen LogP contribution in [0.2, 0.25) is 5.02 Å². The molecule has 0 atom stereocenters. The minimum absolute atomic E-state index is 0.208. The Hall–Kier alpha value is -1.92.